The van der Waals surface area contributed by atoms with Gasteiger partial charge < -0.3 is 19.2 Å². The minimum atomic E-state index is -3.91. The second-order valence-electron chi connectivity index (χ2n) is 8.80. The summed E-state index contributed by atoms with van der Waals surface area (Å²) in [6.45, 7) is 7.14. The summed E-state index contributed by atoms with van der Waals surface area (Å²) in [5, 5.41) is 10.2. The molecule has 1 aliphatic rings. The molecule has 2 N–H and O–H groups in total. The number of anilines is 1. The van der Waals surface area contributed by atoms with Gasteiger partial charge in [0.05, 0.1) is 19.1 Å². The number of aryl methyl sites for hydroxylation is 1. The van der Waals surface area contributed by atoms with Crippen molar-refractivity contribution in [3.63, 3.8) is 0 Å². The normalized spacial score (nSPS) is 19.4. The molecule has 4 rings (SSSR count). The molecule has 2 heterocycles. The van der Waals surface area contributed by atoms with Crippen LogP contribution in [0, 0.1) is 6.92 Å². The lowest BCUT2D eigenvalue weighted by Gasteiger charge is -2.42. The van der Waals surface area contributed by atoms with Gasteiger partial charge in [0.1, 0.15) is 16.2 Å². The van der Waals surface area contributed by atoms with Crippen LogP contribution in [0.4, 0.5) is 10.5 Å². The number of nitrogens with zero attached hydrogens (tertiary/aromatic N) is 2. The average molecular weight is 488 g/mol. The van der Waals surface area contributed by atoms with Gasteiger partial charge in [0.2, 0.25) is 0 Å². The lowest BCUT2D eigenvalue weighted by molar-refractivity contribution is 0.0398. The van der Waals surface area contributed by atoms with Gasteiger partial charge in [-0.2, -0.15) is 0 Å². The van der Waals surface area contributed by atoms with E-state index in [1.807, 2.05) is 20.8 Å². The minimum absolute atomic E-state index is 0.00536. The number of nitrogens with one attached hydrogen (secondary N) is 1. The van der Waals surface area contributed by atoms with Crippen molar-refractivity contribution in [2.75, 3.05) is 24.9 Å². The van der Waals surface area contributed by atoms with E-state index in [1.165, 1.54) is 12.0 Å². The molecule has 0 bridgehead atoms. The number of amides is 1. The zero-order chi connectivity index (χ0) is 24.6. The number of piperazine rings is 1. The van der Waals surface area contributed by atoms with Gasteiger partial charge in [-0.15, -0.1) is 0 Å². The number of carboxylic acid groups (broad SMARTS) is 1. The van der Waals surface area contributed by atoms with E-state index >= 15 is 0 Å². The van der Waals surface area contributed by atoms with E-state index in [1.54, 1.807) is 42.7 Å². The smallest absolute Gasteiger partial charge is 0.407 e. The van der Waals surface area contributed by atoms with Gasteiger partial charge in [-0.3, -0.25) is 9.62 Å². The summed E-state index contributed by atoms with van der Waals surface area (Å²) in [6.07, 6.45) is 0.653. The molecule has 1 fully saturated rings. The maximum Gasteiger partial charge on any atom is 0.407 e. The van der Waals surface area contributed by atoms with Gasteiger partial charge in [0.25, 0.3) is 10.0 Å². The summed E-state index contributed by atoms with van der Waals surface area (Å²) >= 11 is 0. The molecule has 9 nitrogen and oxygen atoms in total. The van der Waals surface area contributed by atoms with Crippen LogP contribution in [0.15, 0.2) is 52.0 Å². The first-order valence-corrected chi connectivity index (χ1v) is 12.5. The number of benzene rings is 2. The van der Waals surface area contributed by atoms with Crippen LogP contribution in [0.1, 0.15) is 25.0 Å². The van der Waals surface area contributed by atoms with Crippen molar-refractivity contribution >= 4 is 32.8 Å². The number of sulfonamides is 1. The highest BCUT2D eigenvalue weighted by Crippen LogP contribution is 2.31. The molecule has 2 atom stereocenters. The molecule has 34 heavy (non-hydrogen) atoms. The highest BCUT2D eigenvalue weighted by molar-refractivity contribution is 7.92. The first-order chi connectivity index (χ1) is 16.1. The minimum Gasteiger partial charge on any atom is -0.495 e. The summed E-state index contributed by atoms with van der Waals surface area (Å²) in [5.74, 6) is 0.266. The Morgan fingerprint density at radius 2 is 1.94 bits per heavy atom. The Labute approximate surface area is 199 Å². The molecule has 1 amide bonds. The van der Waals surface area contributed by atoms with E-state index in [0.717, 1.165) is 16.5 Å². The monoisotopic (exact) mass is 487 g/mol. The fraction of sp³-hybridized carbons (Fsp3) is 0.375. The number of ether oxygens (including phenoxy) is 1. The second kappa shape index (κ2) is 9.19. The Balaban J connectivity index is 1.65. The van der Waals surface area contributed by atoms with Crippen LogP contribution in [0.25, 0.3) is 11.0 Å². The molecule has 3 aromatic rings. The zero-order valence-electron chi connectivity index (χ0n) is 19.6. The number of furan rings is 1. The van der Waals surface area contributed by atoms with Crippen molar-refractivity contribution in [3.8, 4) is 5.75 Å². The molecule has 1 aliphatic heterocycles. The van der Waals surface area contributed by atoms with Crippen LogP contribution in [0.2, 0.25) is 0 Å². The summed E-state index contributed by atoms with van der Waals surface area (Å²) < 4.78 is 40.1. The highest BCUT2D eigenvalue weighted by atomic mass is 32.2. The molecular formula is C24H29N3O6S. The van der Waals surface area contributed by atoms with Gasteiger partial charge >= 0.3 is 6.09 Å². The van der Waals surface area contributed by atoms with Crippen LogP contribution in [0.5, 0.6) is 5.75 Å². The van der Waals surface area contributed by atoms with Crippen LogP contribution >= 0.6 is 0 Å². The Kier molecular flexibility index (Phi) is 6.46. The molecule has 10 heteroatoms. The van der Waals surface area contributed by atoms with Gasteiger partial charge in [-0.05, 0) is 56.7 Å². The summed E-state index contributed by atoms with van der Waals surface area (Å²) in [5.41, 5.74) is 2.71. The fourth-order valence-corrected chi connectivity index (χ4v) is 5.74. The second-order valence-corrected chi connectivity index (χ2v) is 10.4. The van der Waals surface area contributed by atoms with E-state index in [2.05, 4.69) is 9.62 Å². The Hall–Kier alpha value is -3.24. The van der Waals surface area contributed by atoms with E-state index in [9.17, 15) is 18.3 Å². The zero-order valence-corrected chi connectivity index (χ0v) is 20.4. The lowest BCUT2D eigenvalue weighted by Crippen LogP contribution is -2.57. The molecule has 0 saturated carbocycles. The van der Waals surface area contributed by atoms with Gasteiger partial charge in [-0.1, -0.05) is 6.07 Å². The van der Waals surface area contributed by atoms with Crippen molar-refractivity contribution in [2.24, 2.45) is 0 Å². The van der Waals surface area contributed by atoms with Gasteiger partial charge in [0.15, 0.2) is 0 Å². The first kappa shape index (κ1) is 23.9. The molecule has 0 unspecified atom stereocenters. The molecule has 0 aliphatic carbocycles. The Bertz CT molecular complexity index is 1320. The predicted octanol–water partition coefficient (Wildman–Crippen LogP) is 4.12. The SMILES string of the molecule is COc1ccc(C)cc1S(=O)(=O)Nc1cc(CN2C[C@H](C)N(C(=O)O)C[C@H]2C)c2occc2c1. The number of methoxy groups -OCH3 is 1. The lowest BCUT2D eigenvalue weighted by atomic mass is 10.1. The number of rotatable bonds is 6. The van der Waals surface area contributed by atoms with E-state index in [4.69, 9.17) is 9.15 Å². The third kappa shape index (κ3) is 4.69. The largest absolute Gasteiger partial charge is 0.495 e. The Morgan fingerprint density at radius 3 is 2.65 bits per heavy atom. The quantitative estimate of drug-likeness (QED) is 0.538. The van der Waals surface area contributed by atoms with Crippen LogP contribution in [-0.2, 0) is 16.6 Å². The highest BCUT2D eigenvalue weighted by Gasteiger charge is 2.32. The molecule has 0 spiro atoms. The van der Waals surface area contributed by atoms with Crippen molar-refractivity contribution in [2.45, 2.75) is 44.3 Å². The van der Waals surface area contributed by atoms with Crippen molar-refractivity contribution in [1.82, 2.24) is 9.80 Å². The van der Waals surface area contributed by atoms with Gasteiger partial charge in [-0.25, -0.2) is 13.2 Å². The number of hydrogen-bond donors (Lipinski definition) is 2. The molecular weight excluding hydrogens is 458 g/mol. The molecule has 0 radical (unpaired) electrons. The number of carbonyl (C=O) groups is 1. The topological polar surface area (TPSA) is 112 Å². The fourth-order valence-electron chi connectivity index (χ4n) is 4.44. The van der Waals surface area contributed by atoms with Crippen LogP contribution in [-0.4, -0.2) is 61.7 Å². The van der Waals surface area contributed by atoms with Crippen molar-refractivity contribution < 1.29 is 27.5 Å². The van der Waals surface area contributed by atoms with E-state index < -0.39 is 16.1 Å². The molecule has 1 aromatic heterocycles. The summed E-state index contributed by atoms with van der Waals surface area (Å²) in [4.78, 5) is 15.2. The third-order valence-corrected chi connectivity index (χ3v) is 7.63. The van der Waals surface area contributed by atoms with Crippen LogP contribution < -0.4 is 9.46 Å². The maximum atomic E-state index is 13.2. The van der Waals surface area contributed by atoms with Gasteiger partial charge in [0, 0.05) is 42.7 Å². The third-order valence-electron chi connectivity index (χ3n) is 6.22. The number of hydrogen-bond acceptors (Lipinski definition) is 6. The molecule has 182 valence electrons. The van der Waals surface area contributed by atoms with Crippen molar-refractivity contribution in [1.29, 1.82) is 0 Å². The number of fused-ring (bicyclic) bond motifs is 1. The average Bonchev–Trinajstić information content (AvgIpc) is 3.24. The maximum absolute atomic E-state index is 13.2. The molecule has 1 saturated heterocycles. The Morgan fingerprint density at radius 1 is 1.18 bits per heavy atom. The summed E-state index contributed by atoms with van der Waals surface area (Å²) in [6, 6.07) is 10.1. The summed E-state index contributed by atoms with van der Waals surface area (Å²) in [7, 11) is -2.47. The first-order valence-electron chi connectivity index (χ1n) is 11.0. The van der Waals surface area contributed by atoms with Crippen molar-refractivity contribution in [3.05, 3.63) is 53.8 Å². The van der Waals surface area contributed by atoms with E-state index in [0.29, 0.717) is 30.9 Å². The standard InChI is InChI=1S/C24H29N3O6S/c1-15-5-6-21(32-4)22(9-15)34(30,31)25-20-10-18-7-8-33-23(18)19(11-20)14-26-12-17(3)27(24(28)29)13-16(26)2/h5-11,16-17,25H,12-14H2,1-4H3,(H,28,29)/t16-,17+/m1/s1. The molecule has 2 aromatic carbocycles. The predicted molar refractivity (Wildman–Crippen MR) is 129 cm³/mol. The van der Waals surface area contributed by atoms with Crippen LogP contribution in [0.3, 0.4) is 0 Å². The van der Waals surface area contributed by atoms with E-state index in [-0.39, 0.29) is 22.7 Å².